The van der Waals surface area contributed by atoms with E-state index < -0.39 is 26.4 Å². The number of hydrogen-bond donors (Lipinski definition) is 2. The second kappa shape index (κ2) is 25.5. The van der Waals surface area contributed by atoms with Gasteiger partial charge < -0.3 is 19.7 Å². The number of unbranched alkanes of at least 4 members (excludes halogenated alkanes) is 10. The van der Waals surface area contributed by atoms with Crippen molar-refractivity contribution in [3.63, 3.8) is 0 Å². The Hall–Kier alpha value is -0.980. The van der Waals surface area contributed by atoms with Crippen molar-refractivity contribution < 1.29 is 29.0 Å². The Morgan fingerprint density at radius 1 is 0.854 bits per heavy atom. The lowest BCUT2D eigenvalue weighted by molar-refractivity contribution is -0.154. The molecule has 0 heterocycles. The summed E-state index contributed by atoms with van der Waals surface area (Å²) < 4.78 is 21.7. The molecular weight excluding hydrogens is 555 g/mol. The molecule has 6 nitrogen and oxygen atoms in total. The molecule has 0 amide bonds. The van der Waals surface area contributed by atoms with Crippen LogP contribution >= 0.6 is 20.2 Å². The molecule has 0 spiro atoms. The molecule has 3 atom stereocenters. The van der Waals surface area contributed by atoms with Gasteiger partial charge in [-0.3, -0.25) is 4.57 Å². The number of carboxylic acid groups (broad SMARTS) is 1. The molecule has 1 rings (SSSR count). The standard InChI is InChI=1S/C33H57O6PS/c1-3-4-5-6-10-14-22-31(30-20-15-12-16-21-30)23-27-41-26-17-11-8-7-9-13-19-29(2)39-25-18-24-38-28-33(36,40-37)32(34)35/h12,15-16,20-21,29,31,36H,3-11,13-14,17-19,22-28H2,1-2H3,(H,34,35). The Kier molecular flexibility index (Phi) is 23.7. The fourth-order valence-corrected chi connectivity index (χ4v) is 6.20. The lowest BCUT2D eigenvalue weighted by Gasteiger charge is -2.17. The summed E-state index contributed by atoms with van der Waals surface area (Å²) in [5.41, 5.74) is 1.53. The summed E-state index contributed by atoms with van der Waals surface area (Å²) in [5.74, 6) is 1.70. The molecule has 41 heavy (non-hydrogen) atoms. The highest BCUT2D eigenvalue weighted by molar-refractivity contribution is 7.99. The maximum absolute atomic E-state index is 10.9. The minimum absolute atomic E-state index is 0.184. The molecule has 1 aromatic carbocycles. The molecule has 0 saturated heterocycles. The van der Waals surface area contributed by atoms with Crippen LogP contribution in [0.25, 0.3) is 0 Å². The van der Waals surface area contributed by atoms with Crippen LogP contribution in [0.5, 0.6) is 0 Å². The molecule has 0 aliphatic rings. The molecule has 1 aromatic rings. The van der Waals surface area contributed by atoms with Gasteiger partial charge >= 0.3 is 5.97 Å². The minimum atomic E-state index is -2.37. The zero-order valence-corrected chi connectivity index (χ0v) is 27.5. The number of thioether (sulfide) groups is 1. The van der Waals surface area contributed by atoms with E-state index >= 15 is 0 Å². The third-order valence-corrected chi connectivity index (χ3v) is 9.29. The highest BCUT2D eigenvalue weighted by Gasteiger charge is 2.37. The smallest absolute Gasteiger partial charge is 0.350 e. The summed E-state index contributed by atoms with van der Waals surface area (Å²) in [4.78, 5) is 10.9. The summed E-state index contributed by atoms with van der Waals surface area (Å²) in [7, 11) is -0.874. The van der Waals surface area contributed by atoms with Crippen molar-refractivity contribution in [2.45, 2.75) is 134 Å². The van der Waals surface area contributed by atoms with E-state index in [1.165, 1.54) is 107 Å². The van der Waals surface area contributed by atoms with Gasteiger partial charge in [0.15, 0.2) is 0 Å². The molecule has 0 aliphatic carbocycles. The highest BCUT2D eigenvalue weighted by atomic mass is 32.2. The van der Waals surface area contributed by atoms with Crippen LogP contribution in [0.3, 0.4) is 0 Å². The first-order valence-corrected chi connectivity index (χ1v) is 18.0. The van der Waals surface area contributed by atoms with Crippen LogP contribution in [-0.2, 0) is 18.8 Å². The maximum atomic E-state index is 10.9. The molecule has 236 valence electrons. The zero-order valence-electron chi connectivity index (χ0n) is 25.8. The molecule has 0 aliphatic heterocycles. The van der Waals surface area contributed by atoms with Crippen molar-refractivity contribution in [2.24, 2.45) is 0 Å². The van der Waals surface area contributed by atoms with Gasteiger partial charge in [-0.25, -0.2) is 4.79 Å². The number of benzene rings is 1. The van der Waals surface area contributed by atoms with Crippen molar-refractivity contribution in [2.75, 3.05) is 31.3 Å². The Balaban J connectivity index is 1.99. The third-order valence-electron chi connectivity index (χ3n) is 7.57. The lowest BCUT2D eigenvalue weighted by atomic mass is 9.91. The van der Waals surface area contributed by atoms with Crippen LogP contribution in [0.4, 0.5) is 0 Å². The van der Waals surface area contributed by atoms with Gasteiger partial charge in [-0.05, 0) is 62.0 Å². The average molecular weight is 613 g/mol. The topological polar surface area (TPSA) is 93.1 Å². The minimum Gasteiger partial charge on any atom is -0.478 e. The Labute approximate surface area is 256 Å². The van der Waals surface area contributed by atoms with E-state index in [-0.39, 0.29) is 12.7 Å². The van der Waals surface area contributed by atoms with Crippen molar-refractivity contribution in [3.05, 3.63) is 35.9 Å². The Morgan fingerprint density at radius 2 is 1.49 bits per heavy atom. The number of aliphatic carboxylic acids is 1. The van der Waals surface area contributed by atoms with E-state index in [1.807, 2.05) is 0 Å². The van der Waals surface area contributed by atoms with Crippen LogP contribution in [0, 0.1) is 0 Å². The highest BCUT2D eigenvalue weighted by Crippen LogP contribution is 2.28. The quantitative estimate of drug-likeness (QED) is 0.0688. The second-order valence-electron chi connectivity index (χ2n) is 11.3. The van der Waals surface area contributed by atoms with E-state index in [2.05, 4.69) is 55.9 Å². The molecule has 0 saturated carbocycles. The summed E-state index contributed by atoms with van der Waals surface area (Å²) in [6.07, 6.45) is 20.3. The normalized spacial score (nSPS) is 14.6. The predicted octanol–water partition coefficient (Wildman–Crippen LogP) is 9.25. The molecular formula is C33H57O6PS. The van der Waals surface area contributed by atoms with Gasteiger partial charge in [0.1, 0.15) is 0 Å². The number of rotatable bonds is 29. The predicted molar refractivity (Wildman–Crippen MR) is 172 cm³/mol. The van der Waals surface area contributed by atoms with Crippen LogP contribution in [0.15, 0.2) is 30.3 Å². The van der Waals surface area contributed by atoms with Crippen molar-refractivity contribution in [1.29, 1.82) is 0 Å². The number of hydrogen-bond acceptors (Lipinski definition) is 6. The first-order valence-electron chi connectivity index (χ1n) is 16.0. The Bertz CT molecular complexity index is 767. The number of aliphatic hydroxyl groups is 1. The molecule has 0 aromatic heterocycles. The molecule has 3 unspecified atom stereocenters. The third kappa shape index (κ3) is 19.8. The van der Waals surface area contributed by atoms with Gasteiger partial charge in [0.05, 0.1) is 12.7 Å². The van der Waals surface area contributed by atoms with E-state index in [4.69, 9.17) is 14.6 Å². The first-order chi connectivity index (χ1) is 19.9. The molecule has 2 N–H and O–H groups in total. The van der Waals surface area contributed by atoms with Crippen LogP contribution in [0.2, 0.25) is 0 Å². The fourth-order valence-electron chi connectivity index (χ4n) is 4.92. The second-order valence-corrected chi connectivity index (χ2v) is 13.4. The van der Waals surface area contributed by atoms with E-state index in [9.17, 15) is 14.5 Å². The monoisotopic (exact) mass is 612 g/mol. The number of carboxylic acids is 1. The summed E-state index contributed by atoms with van der Waals surface area (Å²) in [6.45, 7) is 4.63. The fraction of sp³-hybridized carbons (Fsp3) is 0.788. The van der Waals surface area contributed by atoms with E-state index in [0.29, 0.717) is 18.9 Å². The molecule has 8 heteroatoms. The van der Waals surface area contributed by atoms with Gasteiger partial charge in [0.25, 0.3) is 5.34 Å². The van der Waals surface area contributed by atoms with Crippen molar-refractivity contribution in [3.8, 4) is 0 Å². The summed E-state index contributed by atoms with van der Waals surface area (Å²) in [6, 6.07) is 11.1. The molecule has 0 radical (unpaired) electrons. The number of carbonyl (C=O) groups is 1. The molecule has 0 fully saturated rings. The zero-order chi connectivity index (χ0) is 30.0. The van der Waals surface area contributed by atoms with Crippen LogP contribution in [0.1, 0.15) is 128 Å². The summed E-state index contributed by atoms with van der Waals surface area (Å²) >= 11 is 2.14. The SMILES string of the molecule is CCCCCCCCC(CCSCCCCCCCCC(C)OCCCOCC(O)(P=O)C(=O)O)c1ccccc1. The van der Waals surface area contributed by atoms with Crippen LogP contribution in [-0.4, -0.2) is 59.0 Å². The largest absolute Gasteiger partial charge is 0.478 e. The van der Waals surface area contributed by atoms with Gasteiger partial charge in [-0.2, -0.15) is 11.8 Å². The number of ether oxygens (including phenoxy) is 2. The summed E-state index contributed by atoms with van der Waals surface area (Å²) in [5, 5.41) is 16.0. The maximum Gasteiger partial charge on any atom is 0.350 e. The van der Waals surface area contributed by atoms with E-state index in [0.717, 1.165) is 6.42 Å². The van der Waals surface area contributed by atoms with Crippen molar-refractivity contribution in [1.82, 2.24) is 0 Å². The van der Waals surface area contributed by atoms with Gasteiger partial charge in [-0.15, -0.1) is 0 Å². The van der Waals surface area contributed by atoms with E-state index in [1.54, 1.807) is 0 Å². The Morgan fingerprint density at radius 3 is 2.15 bits per heavy atom. The van der Waals surface area contributed by atoms with Crippen molar-refractivity contribution >= 4 is 26.2 Å². The van der Waals surface area contributed by atoms with Gasteiger partial charge in [0, 0.05) is 13.2 Å². The lowest BCUT2D eigenvalue weighted by Crippen LogP contribution is -2.37. The van der Waals surface area contributed by atoms with Gasteiger partial charge in [0.2, 0.25) is 8.46 Å². The van der Waals surface area contributed by atoms with Gasteiger partial charge in [-0.1, -0.05) is 108 Å². The molecule has 0 bridgehead atoms. The average Bonchev–Trinajstić information content (AvgIpc) is 2.98. The first kappa shape index (κ1) is 38.0. The van der Waals surface area contributed by atoms with Crippen LogP contribution < -0.4 is 0 Å².